The van der Waals surface area contributed by atoms with E-state index in [2.05, 4.69) is 0 Å². The Balaban J connectivity index is 0.00000625. The van der Waals surface area contributed by atoms with E-state index in [4.69, 9.17) is 5.73 Å². The maximum atomic E-state index is 12.0. The number of nitrogens with two attached hydrogens (primary N) is 1. The van der Waals surface area contributed by atoms with Crippen molar-refractivity contribution in [2.24, 2.45) is 5.73 Å². The molecule has 0 atom stereocenters. The molecule has 26 heavy (non-hydrogen) atoms. The van der Waals surface area contributed by atoms with E-state index in [1.54, 1.807) is 5.32 Å². The SMILES string of the molecule is Cl.NCCN(CCC(=O)NC(=O)NCC(F)(F)F)CCc1ccccc1. The van der Waals surface area contributed by atoms with Gasteiger partial charge in [0, 0.05) is 32.6 Å². The summed E-state index contributed by atoms with van der Waals surface area (Å²) in [5.41, 5.74) is 6.71. The molecular weight excluding hydrogens is 373 g/mol. The van der Waals surface area contributed by atoms with E-state index in [-0.39, 0.29) is 18.8 Å². The average molecular weight is 397 g/mol. The number of alkyl halides is 3. The highest BCUT2D eigenvalue weighted by molar-refractivity contribution is 5.94. The lowest BCUT2D eigenvalue weighted by molar-refractivity contribution is -0.124. The summed E-state index contributed by atoms with van der Waals surface area (Å²) in [4.78, 5) is 24.8. The molecule has 6 nitrogen and oxygen atoms in total. The zero-order valence-corrected chi connectivity index (χ0v) is 15.0. The minimum absolute atomic E-state index is 0. The van der Waals surface area contributed by atoms with Crippen molar-refractivity contribution in [2.45, 2.75) is 19.0 Å². The van der Waals surface area contributed by atoms with Crippen molar-refractivity contribution in [3.8, 4) is 0 Å². The molecule has 0 bridgehead atoms. The molecule has 3 amide bonds. The molecular formula is C16H24ClF3N4O2. The van der Waals surface area contributed by atoms with Crippen LogP contribution in [-0.4, -0.2) is 55.7 Å². The second-order valence-corrected chi connectivity index (χ2v) is 5.46. The normalized spacial score (nSPS) is 11.0. The summed E-state index contributed by atoms with van der Waals surface area (Å²) < 4.78 is 35.9. The Hall–Kier alpha value is -1.84. The van der Waals surface area contributed by atoms with Crippen molar-refractivity contribution in [1.82, 2.24) is 15.5 Å². The maximum Gasteiger partial charge on any atom is 0.405 e. The largest absolute Gasteiger partial charge is 0.405 e. The smallest absolute Gasteiger partial charge is 0.329 e. The van der Waals surface area contributed by atoms with Crippen LogP contribution < -0.4 is 16.4 Å². The predicted octanol–water partition coefficient (Wildman–Crippen LogP) is 1.69. The first-order chi connectivity index (χ1) is 11.8. The lowest BCUT2D eigenvalue weighted by atomic mass is 10.1. The highest BCUT2D eigenvalue weighted by atomic mass is 35.5. The van der Waals surface area contributed by atoms with Crippen molar-refractivity contribution in [3.05, 3.63) is 35.9 Å². The lowest BCUT2D eigenvalue weighted by Gasteiger charge is -2.21. The topological polar surface area (TPSA) is 87.5 Å². The average Bonchev–Trinajstić information content (AvgIpc) is 2.56. The van der Waals surface area contributed by atoms with E-state index >= 15 is 0 Å². The fourth-order valence-corrected chi connectivity index (χ4v) is 2.12. The highest BCUT2D eigenvalue weighted by Gasteiger charge is 2.27. The number of nitrogens with one attached hydrogen (secondary N) is 2. The number of hydrogen-bond donors (Lipinski definition) is 3. The van der Waals surface area contributed by atoms with Gasteiger partial charge in [-0.05, 0) is 12.0 Å². The van der Waals surface area contributed by atoms with Gasteiger partial charge in [0.1, 0.15) is 6.54 Å². The molecule has 0 radical (unpaired) electrons. The Bertz CT molecular complexity index is 544. The standard InChI is InChI=1S/C16H23F3N4O2.ClH/c17-16(18,19)12-21-15(25)22-14(24)7-10-23(11-8-20)9-6-13-4-2-1-3-5-13;/h1-5H,6-12,20H2,(H2,21,22,24,25);1H. The van der Waals surface area contributed by atoms with Gasteiger partial charge in [0.15, 0.2) is 0 Å². The third-order valence-electron chi connectivity index (χ3n) is 3.36. The molecule has 1 aromatic rings. The van der Waals surface area contributed by atoms with Crippen LogP contribution in [0.1, 0.15) is 12.0 Å². The fourth-order valence-electron chi connectivity index (χ4n) is 2.12. The Labute approximate surface area is 156 Å². The first-order valence-electron chi connectivity index (χ1n) is 7.91. The van der Waals surface area contributed by atoms with Crippen LogP contribution in [0.25, 0.3) is 0 Å². The quantitative estimate of drug-likeness (QED) is 0.592. The van der Waals surface area contributed by atoms with Crippen LogP contribution in [0.3, 0.4) is 0 Å². The molecule has 0 aromatic heterocycles. The van der Waals surface area contributed by atoms with E-state index in [9.17, 15) is 22.8 Å². The minimum Gasteiger partial charge on any atom is -0.329 e. The highest BCUT2D eigenvalue weighted by Crippen LogP contribution is 2.11. The Kier molecular flexibility index (Phi) is 11.6. The van der Waals surface area contributed by atoms with Gasteiger partial charge in [-0.2, -0.15) is 13.2 Å². The maximum absolute atomic E-state index is 12.0. The molecule has 1 aromatic carbocycles. The Morgan fingerprint density at radius 3 is 2.31 bits per heavy atom. The van der Waals surface area contributed by atoms with Gasteiger partial charge in [-0.1, -0.05) is 30.3 Å². The minimum atomic E-state index is -4.52. The summed E-state index contributed by atoms with van der Waals surface area (Å²) >= 11 is 0. The van der Waals surface area contributed by atoms with Crippen LogP contribution in [0, 0.1) is 0 Å². The number of amides is 3. The van der Waals surface area contributed by atoms with E-state index in [0.717, 1.165) is 12.0 Å². The molecule has 0 heterocycles. The molecule has 0 unspecified atom stereocenters. The van der Waals surface area contributed by atoms with Crippen molar-refractivity contribution >= 4 is 24.3 Å². The molecule has 0 saturated carbocycles. The molecule has 0 aliphatic heterocycles. The van der Waals surface area contributed by atoms with E-state index in [1.165, 1.54) is 0 Å². The van der Waals surface area contributed by atoms with E-state index in [0.29, 0.717) is 26.2 Å². The number of rotatable bonds is 9. The number of benzene rings is 1. The number of halogens is 4. The van der Waals surface area contributed by atoms with Crippen LogP contribution in [0.5, 0.6) is 0 Å². The Morgan fingerprint density at radius 1 is 1.08 bits per heavy atom. The summed E-state index contributed by atoms with van der Waals surface area (Å²) in [7, 11) is 0. The van der Waals surface area contributed by atoms with Crippen LogP contribution in [0.2, 0.25) is 0 Å². The molecule has 0 aliphatic carbocycles. The molecule has 0 aliphatic rings. The molecule has 0 saturated heterocycles. The summed E-state index contributed by atoms with van der Waals surface area (Å²) in [6, 6.07) is 8.65. The first-order valence-corrected chi connectivity index (χ1v) is 7.91. The summed E-state index contributed by atoms with van der Waals surface area (Å²) in [6.45, 7) is 0.572. The first kappa shape index (κ1) is 24.2. The summed E-state index contributed by atoms with van der Waals surface area (Å²) in [5.74, 6) is -0.638. The van der Waals surface area contributed by atoms with Crippen molar-refractivity contribution in [3.63, 3.8) is 0 Å². The number of carbonyl (C=O) groups is 2. The molecule has 4 N–H and O–H groups in total. The number of imide groups is 1. The Morgan fingerprint density at radius 2 is 1.73 bits per heavy atom. The predicted molar refractivity (Wildman–Crippen MR) is 95.1 cm³/mol. The van der Waals surface area contributed by atoms with Gasteiger partial charge in [-0.25, -0.2) is 4.79 Å². The molecule has 148 valence electrons. The van der Waals surface area contributed by atoms with Gasteiger partial charge in [-0.15, -0.1) is 12.4 Å². The monoisotopic (exact) mass is 396 g/mol. The van der Waals surface area contributed by atoms with Gasteiger partial charge < -0.3 is 16.0 Å². The summed E-state index contributed by atoms with van der Waals surface area (Å²) in [5, 5.41) is 3.46. The van der Waals surface area contributed by atoms with Crippen LogP contribution in [-0.2, 0) is 11.2 Å². The van der Waals surface area contributed by atoms with Crippen molar-refractivity contribution in [1.29, 1.82) is 0 Å². The lowest BCUT2D eigenvalue weighted by Crippen LogP contribution is -2.44. The van der Waals surface area contributed by atoms with Gasteiger partial charge in [-0.3, -0.25) is 10.1 Å². The number of urea groups is 1. The summed E-state index contributed by atoms with van der Waals surface area (Å²) in [6.07, 6.45) is -3.74. The third kappa shape index (κ3) is 11.7. The molecule has 10 heteroatoms. The number of carbonyl (C=O) groups excluding carboxylic acids is 2. The number of hydrogen-bond acceptors (Lipinski definition) is 4. The van der Waals surface area contributed by atoms with Gasteiger partial charge >= 0.3 is 12.2 Å². The van der Waals surface area contributed by atoms with E-state index < -0.39 is 24.7 Å². The second-order valence-electron chi connectivity index (χ2n) is 5.46. The molecule has 1 rings (SSSR count). The second kappa shape index (κ2) is 12.5. The van der Waals surface area contributed by atoms with Crippen LogP contribution >= 0.6 is 12.4 Å². The van der Waals surface area contributed by atoms with Gasteiger partial charge in [0.2, 0.25) is 5.91 Å². The number of nitrogens with zero attached hydrogens (tertiary/aromatic N) is 1. The molecule has 0 spiro atoms. The van der Waals surface area contributed by atoms with Crippen LogP contribution in [0.15, 0.2) is 30.3 Å². The third-order valence-corrected chi connectivity index (χ3v) is 3.36. The zero-order chi connectivity index (χ0) is 18.7. The molecule has 0 fully saturated rings. The van der Waals surface area contributed by atoms with Crippen molar-refractivity contribution in [2.75, 3.05) is 32.7 Å². The van der Waals surface area contributed by atoms with E-state index in [1.807, 2.05) is 40.5 Å². The van der Waals surface area contributed by atoms with Gasteiger partial charge in [0.05, 0.1) is 0 Å². The van der Waals surface area contributed by atoms with Gasteiger partial charge in [0.25, 0.3) is 0 Å². The fraction of sp³-hybridized carbons (Fsp3) is 0.500. The zero-order valence-electron chi connectivity index (χ0n) is 14.2. The van der Waals surface area contributed by atoms with Crippen molar-refractivity contribution < 1.29 is 22.8 Å². The van der Waals surface area contributed by atoms with Crippen LogP contribution in [0.4, 0.5) is 18.0 Å².